The van der Waals surface area contributed by atoms with Gasteiger partial charge >= 0.3 is 0 Å². The lowest BCUT2D eigenvalue weighted by Gasteiger charge is -2.03. The van der Waals surface area contributed by atoms with E-state index in [-0.39, 0.29) is 12.1 Å². The normalized spacial score (nSPS) is 9.89. The van der Waals surface area contributed by atoms with Crippen LogP contribution in [-0.2, 0) is 4.79 Å². The van der Waals surface area contributed by atoms with Crippen molar-refractivity contribution in [1.82, 2.24) is 10.6 Å². The standard InChI is InChI=1S/C14H11N3O2/c1-2-8-16-10-12(9-15)14(19)17-13(18)11-6-4-3-5-7-11/h1,3-7,10,16H,8H2,(H,17,18,19)/b12-10+. The summed E-state index contributed by atoms with van der Waals surface area (Å²) in [4.78, 5) is 23.3. The van der Waals surface area contributed by atoms with Crippen LogP contribution in [0.25, 0.3) is 0 Å². The molecule has 0 aliphatic heterocycles. The first kappa shape index (κ1) is 14.0. The maximum Gasteiger partial charge on any atom is 0.270 e. The Morgan fingerprint density at radius 3 is 2.58 bits per heavy atom. The number of hydrogen-bond donors (Lipinski definition) is 2. The van der Waals surface area contributed by atoms with Gasteiger partial charge in [0.2, 0.25) is 0 Å². The monoisotopic (exact) mass is 253 g/mol. The van der Waals surface area contributed by atoms with Gasteiger partial charge in [0.1, 0.15) is 11.6 Å². The Kier molecular flexibility index (Phi) is 5.39. The molecule has 1 aromatic rings. The SMILES string of the molecule is C#CCN/C=C(\C#N)C(=O)NC(=O)c1ccccc1. The second-order valence-electron chi connectivity index (χ2n) is 3.40. The predicted molar refractivity (Wildman–Crippen MR) is 69.4 cm³/mol. The van der Waals surface area contributed by atoms with E-state index in [1.165, 1.54) is 6.20 Å². The van der Waals surface area contributed by atoms with E-state index in [1.807, 2.05) is 0 Å². The fourth-order valence-corrected chi connectivity index (χ4v) is 1.19. The molecule has 1 aromatic carbocycles. The third-order valence-electron chi connectivity index (χ3n) is 2.08. The summed E-state index contributed by atoms with van der Waals surface area (Å²) < 4.78 is 0. The Labute approximate surface area is 110 Å². The maximum absolute atomic E-state index is 11.7. The van der Waals surface area contributed by atoms with Crippen LogP contribution >= 0.6 is 0 Å². The van der Waals surface area contributed by atoms with Gasteiger partial charge in [0.05, 0.1) is 6.54 Å². The smallest absolute Gasteiger partial charge is 0.270 e. The maximum atomic E-state index is 11.7. The molecule has 0 spiro atoms. The number of hydrogen-bond acceptors (Lipinski definition) is 4. The minimum atomic E-state index is -0.777. The molecule has 94 valence electrons. The second-order valence-corrected chi connectivity index (χ2v) is 3.40. The van der Waals surface area contributed by atoms with Gasteiger partial charge in [-0.2, -0.15) is 5.26 Å². The molecule has 0 saturated carbocycles. The van der Waals surface area contributed by atoms with E-state index in [1.54, 1.807) is 36.4 Å². The van der Waals surface area contributed by atoms with Crippen molar-refractivity contribution in [2.45, 2.75) is 0 Å². The summed E-state index contributed by atoms with van der Waals surface area (Å²) in [6, 6.07) is 9.92. The first-order chi connectivity index (χ1) is 9.19. The van der Waals surface area contributed by atoms with Crippen LogP contribution in [0.5, 0.6) is 0 Å². The van der Waals surface area contributed by atoms with Crippen molar-refractivity contribution in [1.29, 1.82) is 5.26 Å². The fourth-order valence-electron chi connectivity index (χ4n) is 1.19. The topological polar surface area (TPSA) is 82.0 Å². The van der Waals surface area contributed by atoms with E-state index in [9.17, 15) is 9.59 Å². The molecular formula is C14H11N3O2. The van der Waals surface area contributed by atoms with Crippen molar-refractivity contribution in [3.8, 4) is 18.4 Å². The molecule has 0 atom stereocenters. The van der Waals surface area contributed by atoms with E-state index in [0.29, 0.717) is 5.56 Å². The summed E-state index contributed by atoms with van der Waals surface area (Å²) in [5.74, 6) is 0.946. The summed E-state index contributed by atoms with van der Waals surface area (Å²) >= 11 is 0. The number of carbonyl (C=O) groups is 2. The predicted octanol–water partition coefficient (Wildman–Crippen LogP) is 0.573. The number of benzene rings is 1. The van der Waals surface area contributed by atoms with E-state index >= 15 is 0 Å². The molecule has 19 heavy (non-hydrogen) atoms. The van der Waals surface area contributed by atoms with Crippen molar-refractivity contribution in [2.24, 2.45) is 0 Å². The highest BCUT2D eigenvalue weighted by Gasteiger charge is 2.13. The van der Waals surface area contributed by atoms with Crippen LogP contribution in [0, 0.1) is 23.7 Å². The van der Waals surface area contributed by atoms with Gasteiger partial charge in [-0.3, -0.25) is 14.9 Å². The Balaban J connectivity index is 2.69. The molecule has 5 nitrogen and oxygen atoms in total. The van der Waals surface area contributed by atoms with Crippen LogP contribution in [0.4, 0.5) is 0 Å². The van der Waals surface area contributed by atoms with Crippen molar-refractivity contribution >= 4 is 11.8 Å². The van der Waals surface area contributed by atoms with Gasteiger partial charge in [-0.25, -0.2) is 0 Å². The van der Waals surface area contributed by atoms with Gasteiger partial charge in [-0.05, 0) is 12.1 Å². The first-order valence-electron chi connectivity index (χ1n) is 5.37. The van der Waals surface area contributed by atoms with Gasteiger partial charge in [-0.1, -0.05) is 24.1 Å². The number of terminal acetylenes is 1. The number of amides is 2. The van der Waals surface area contributed by atoms with Crippen molar-refractivity contribution in [3.63, 3.8) is 0 Å². The molecule has 2 amide bonds. The summed E-state index contributed by atoms with van der Waals surface area (Å²) in [6.45, 7) is 0.186. The minimum Gasteiger partial charge on any atom is -0.379 e. The van der Waals surface area contributed by atoms with Crippen molar-refractivity contribution < 1.29 is 9.59 Å². The number of carbonyl (C=O) groups excluding carboxylic acids is 2. The van der Waals surface area contributed by atoms with Crippen LogP contribution in [0.3, 0.4) is 0 Å². The number of imide groups is 1. The Morgan fingerprint density at radius 1 is 1.32 bits per heavy atom. The first-order valence-corrected chi connectivity index (χ1v) is 5.37. The summed E-state index contributed by atoms with van der Waals surface area (Å²) in [5, 5.41) is 13.5. The quantitative estimate of drug-likeness (QED) is 0.356. The van der Waals surface area contributed by atoms with Gasteiger partial charge in [0.15, 0.2) is 0 Å². The molecule has 5 heteroatoms. The zero-order chi connectivity index (χ0) is 14.1. The molecule has 1 rings (SSSR count). The lowest BCUT2D eigenvalue weighted by atomic mass is 10.2. The minimum absolute atomic E-state index is 0.186. The zero-order valence-electron chi connectivity index (χ0n) is 10.0. The Bertz CT molecular complexity index is 577. The summed E-state index contributed by atoms with van der Waals surface area (Å²) in [6.07, 6.45) is 6.18. The molecule has 0 aromatic heterocycles. The number of rotatable bonds is 4. The number of nitriles is 1. The molecule has 0 aliphatic rings. The Hall–Kier alpha value is -3.05. The second kappa shape index (κ2) is 7.31. The largest absolute Gasteiger partial charge is 0.379 e. The third-order valence-corrected chi connectivity index (χ3v) is 2.08. The molecule has 2 N–H and O–H groups in total. The molecule has 0 aliphatic carbocycles. The number of nitrogens with one attached hydrogen (secondary N) is 2. The lowest BCUT2D eigenvalue weighted by Crippen LogP contribution is -2.31. The van der Waals surface area contributed by atoms with Crippen molar-refractivity contribution in [2.75, 3.05) is 6.54 Å². The molecule has 0 bridgehead atoms. The average Bonchev–Trinajstić information content (AvgIpc) is 2.44. The lowest BCUT2D eigenvalue weighted by molar-refractivity contribution is -0.116. The highest BCUT2D eigenvalue weighted by Crippen LogP contribution is 1.99. The third kappa shape index (κ3) is 4.37. The molecule has 0 unspecified atom stereocenters. The van der Waals surface area contributed by atoms with Gasteiger partial charge < -0.3 is 5.32 Å². The van der Waals surface area contributed by atoms with E-state index in [2.05, 4.69) is 16.6 Å². The summed E-state index contributed by atoms with van der Waals surface area (Å²) in [5.41, 5.74) is 0.115. The van der Waals surface area contributed by atoms with E-state index in [4.69, 9.17) is 11.7 Å². The molecule has 0 fully saturated rings. The summed E-state index contributed by atoms with van der Waals surface area (Å²) in [7, 11) is 0. The Morgan fingerprint density at radius 2 is 2.00 bits per heavy atom. The van der Waals surface area contributed by atoms with Crippen LogP contribution in [0.1, 0.15) is 10.4 Å². The highest BCUT2D eigenvalue weighted by molar-refractivity contribution is 6.11. The van der Waals surface area contributed by atoms with Gasteiger partial charge in [0.25, 0.3) is 11.8 Å². The molecule has 0 radical (unpaired) electrons. The van der Waals surface area contributed by atoms with E-state index in [0.717, 1.165) is 0 Å². The van der Waals surface area contributed by atoms with Gasteiger partial charge in [-0.15, -0.1) is 6.42 Å². The van der Waals surface area contributed by atoms with Crippen LogP contribution in [0.15, 0.2) is 42.1 Å². The molecular weight excluding hydrogens is 242 g/mol. The highest BCUT2D eigenvalue weighted by atomic mass is 16.2. The zero-order valence-corrected chi connectivity index (χ0v) is 10.0. The van der Waals surface area contributed by atoms with Crippen LogP contribution in [-0.4, -0.2) is 18.4 Å². The van der Waals surface area contributed by atoms with Gasteiger partial charge in [0, 0.05) is 11.8 Å². The van der Waals surface area contributed by atoms with Crippen LogP contribution < -0.4 is 10.6 Å². The molecule has 0 heterocycles. The van der Waals surface area contributed by atoms with Crippen LogP contribution in [0.2, 0.25) is 0 Å². The van der Waals surface area contributed by atoms with Crippen molar-refractivity contribution in [3.05, 3.63) is 47.7 Å². The number of nitrogens with zero attached hydrogens (tertiary/aromatic N) is 1. The average molecular weight is 253 g/mol. The van der Waals surface area contributed by atoms with E-state index < -0.39 is 11.8 Å². The molecule has 0 saturated heterocycles. The fraction of sp³-hybridized carbons (Fsp3) is 0.0714.